The van der Waals surface area contributed by atoms with Gasteiger partial charge in [0.15, 0.2) is 6.10 Å². The Bertz CT molecular complexity index is 364. The highest BCUT2D eigenvalue weighted by Crippen LogP contribution is 2.24. The minimum absolute atomic E-state index is 0.329. The van der Waals surface area contributed by atoms with Gasteiger partial charge in [-0.05, 0) is 26.3 Å². The highest BCUT2D eigenvalue weighted by Gasteiger charge is 2.32. The van der Waals surface area contributed by atoms with Crippen LogP contribution in [-0.2, 0) is 19.0 Å². The molecule has 0 amide bonds. The molecule has 0 N–H and O–H groups in total. The largest absolute Gasteiger partial charge is 0.464 e. The van der Waals surface area contributed by atoms with Gasteiger partial charge in [-0.15, -0.1) is 0 Å². The first-order valence-electron chi connectivity index (χ1n) is 6.69. The Morgan fingerprint density at radius 1 is 1.00 bits per heavy atom. The second kappa shape index (κ2) is 8.67. The molecule has 1 aromatic rings. The van der Waals surface area contributed by atoms with Crippen LogP contribution in [0.15, 0.2) is 30.3 Å². The molecule has 0 bridgehead atoms. The van der Waals surface area contributed by atoms with E-state index in [2.05, 4.69) is 0 Å². The third-order valence-corrected chi connectivity index (χ3v) is 2.61. The van der Waals surface area contributed by atoms with E-state index in [0.717, 1.165) is 5.56 Å². The van der Waals surface area contributed by atoms with Gasteiger partial charge in [0.25, 0.3) is 0 Å². The Balaban J connectivity index is 2.95. The van der Waals surface area contributed by atoms with Gasteiger partial charge in [0, 0.05) is 13.2 Å². The van der Waals surface area contributed by atoms with Gasteiger partial charge in [0.2, 0.25) is 0 Å². The fourth-order valence-electron chi connectivity index (χ4n) is 1.86. The monoisotopic (exact) mass is 266 g/mol. The molecular formula is C15H22O4. The van der Waals surface area contributed by atoms with Crippen LogP contribution < -0.4 is 0 Å². The van der Waals surface area contributed by atoms with E-state index in [1.54, 1.807) is 6.92 Å². The highest BCUT2D eigenvalue weighted by molar-refractivity contribution is 5.75. The molecule has 0 aliphatic rings. The van der Waals surface area contributed by atoms with E-state index >= 15 is 0 Å². The molecule has 0 saturated heterocycles. The van der Waals surface area contributed by atoms with Crippen molar-refractivity contribution in [3.63, 3.8) is 0 Å². The minimum Gasteiger partial charge on any atom is -0.464 e. The summed E-state index contributed by atoms with van der Waals surface area (Å²) in [4.78, 5) is 12.0. The van der Waals surface area contributed by atoms with E-state index in [0.29, 0.717) is 19.8 Å². The molecule has 106 valence electrons. The lowest BCUT2D eigenvalue weighted by Gasteiger charge is -2.25. The second-order valence-corrected chi connectivity index (χ2v) is 3.91. The third-order valence-electron chi connectivity index (χ3n) is 2.61. The Kier molecular flexibility index (Phi) is 7.15. The van der Waals surface area contributed by atoms with Crippen molar-refractivity contribution >= 4 is 5.97 Å². The topological polar surface area (TPSA) is 44.8 Å². The van der Waals surface area contributed by atoms with Crippen LogP contribution >= 0.6 is 0 Å². The van der Waals surface area contributed by atoms with E-state index in [4.69, 9.17) is 14.2 Å². The fourth-order valence-corrected chi connectivity index (χ4v) is 1.86. The zero-order valence-corrected chi connectivity index (χ0v) is 11.8. The van der Waals surface area contributed by atoms with E-state index in [1.165, 1.54) is 0 Å². The zero-order valence-electron chi connectivity index (χ0n) is 11.8. The van der Waals surface area contributed by atoms with Gasteiger partial charge < -0.3 is 14.2 Å². The van der Waals surface area contributed by atoms with Gasteiger partial charge in [-0.25, -0.2) is 4.79 Å². The number of rotatable bonds is 8. The van der Waals surface area contributed by atoms with Crippen molar-refractivity contribution in [1.29, 1.82) is 0 Å². The summed E-state index contributed by atoms with van der Waals surface area (Å²) in [5, 5.41) is 0. The number of benzene rings is 1. The van der Waals surface area contributed by atoms with Crippen LogP contribution in [0.25, 0.3) is 0 Å². The quantitative estimate of drug-likeness (QED) is 0.679. The number of esters is 1. The Labute approximate surface area is 114 Å². The summed E-state index contributed by atoms with van der Waals surface area (Å²) in [5.41, 5.74) is 0.913. The van der Waals surface area contributed by atoms with Crippen LogP contribution in [0.3, 0.4) is 0 Å². The van der Waals surface area contributed by atoms with Gasteiger partial charge in [0.05, 0.1) is 6.61 Å². The highest BCUT2D eigenvalue weighted by atomic mass is 16.6. The lowest BCUT2D eigenvalue weighted by molar-refractivity contribution is -0.168. The lowest BCUT2D eigenvalue weighted by atomic mass is 10.0. The van der Waals surface area contributed by atoms with Gasteiger partial charge in [-0.3, -0.25) is 0 Å². The fraction of sp³-hybridized carbons (Fsp3) is 0.533. The van der Waals surface area contributed by atoms with Gasteiger partial charge in [-0.1, -0.05) is 30.3 Å². The Hall–Kier alpha value is -1.39. The average molecular weight is 266 g/mol. The summed E-state index contributed by atoms with van der Waals surface area (Å²) in [5.74, 6) is -0.383. The molecule has 0 aliphatic heterocycles. The molecule has 0 aliphatic carbocycles. The van der Waals surface area contributed by atoms with Gasteiger partial charge >= 0.3 is 5.97 Å². The van der Waals surface area contributed by atoms with Gasteiger partial charge in [-0.2, -0.15) is 0 Å². The van der Waals surface area contributed by atoms with Crippen LogP contribution in [0, 0.1) is 0 Å². The maximum Gasteiger partial charge on any atom is 0.338 e. The number of hydrogen-bond donors (Lipinski definition) is 0. The summed E-state index contributed by atoms with van der Waals surface area (Å²) in [6, 6.07) is 9.59. The van der Waals surface area contributed by atoms with Crippen molar-refractivity contribution in [1.82, 2.24) is 0 Å². The first-order valence-corrected chi connectivity index (χ1v) is 6.69. The second-order valence-electron chi connectivity index (χ2n) is 3.91. The predicted octanol–water partition coefficient (Wildman–Crippen LogP) is 2.73. The molecule has 1 aromatic carbocycles. The number of carbonyl (C=O) groups is 1. The molecule has 4 nitrogen and oxygen atoms in total. The number of carbonyl (C=O) groups excluding carboxylic acids is 1. The molecule has 0 aromatic heterocycles. The van der Waals surface area contributed by atoms with Crippen molar-refractivity contribution in [3.05, 3.63) is 35.9 Å². The van der Waals surface area contributed by atoms with Gasteiger partial charge in [0.1, 0.15) is 6.10 Å². The van der Waals surface area contributed by atoms with Crippen LogP contribution in [0.2, 0.25) is 0 Å². The summed E-state index contributed by atoms with van der Waals surface area (Å²) in [6.45, 7) is 6.78. The van der Waals surface area contributed by atoms with E-state index < -0.39 is 12.2 Å². The van der Waals surface area contributed by atoms with Crippen molar-refractivity contribution < 1.29 is 19.0 Å². The van der Waals surface area contributed by atoms with E-state index in [1.807, 2.05) is 44.2 Å². The van der Waals surface area contributed by atoms with Crippen LogP contribution in [0.4, 0.5) is 0 Å². The van der Waals surface area contributed by atoms with Crippen LogP contribution in [0.1, 0.15) is 32.4 Å². The summed E-state index contributed by atoms with van der Waals surface area (Å²) in [7, 11) is 0. The molecule has 2 atom stereocenters. The SMILES string of the molecule is CCOC(=O)[C@H](OCC)[C@H](OCC)c1ccccc1. The van der Waals surface area contributed by atoms with E-state index in [9.17, 15) is 4.79 Å². The third kappa shape index (κ3) is 4.65. The molecule has 0 saturated carbocycles. The van der Waals surface area contributed by atoms with Crippen molar-refractivity contribution in [2.75, 3.05) is 19.8 Å². The zero-order chi connectivity index (χ0) is 14.1. The standard InChI is InChI=1S/C15H22O4/c1-4-17-13(12-10-8-7-9-11-12)14(18-5-2)15(16)19-6-3/h7-11,13-14H,4-6H2,1-3H3/t13-,14-/m1/s1. The molecule has 0 radical (unpaired) electrons. The van der Waals surface area contributed by atoms with Crippen molar-refractivity contribution in [2.24, 2.45) is 0 Å². The Morgan fingerprint density at radius 2 is 1.63 bits per heavy atom. The van der Waals surface area contributed by atoms with Crippen molar-refractivity contribution in [3.8, 4) is 0 Å². The van der Waals surface area contributed by atoms with Crippen molar-refractivity contribution in [2.45, 2.75) is 33.0 Å². The predicted molar refractivity (Wildman–Crippen MR) is 72.9 cm³/mol. The normalized spacial score (nSPS) is 13.8. The average Bonchev–Trinajstić information content (AvgIpc) is 2.44. The summed E-state index contributed by atoms with van der Waals surface area (Å²) < 4.78 is 16.3. The molecule has 4 heteroatoms. The first kappa shape index (κ1) is 15.7. The first-order chi connectivity index (χ1) is 9.24. The molecule has 19 heavy (non-hydrogen) atoms. The smallest absolute Gasteiger partial charge is 0.338 e. The van der Waals surface area contributed by atoms with E-state index in [-0.39, 0.29) is 5.97 Å². The molecule has 0 heterocycles. The Morgan fingerprint density at radius 3 is 2.16 bits per heavy atom. The molecule has 0 fully saturated rings. The van der Waals surface area contributed by atoms with Crippen LogP contribution in [0.5, 0.6) is 0 Å². The minimum atomic E-state index is -0.729. The maximum atomic E-state index is 12.0. The lowest BCUT2D eigenvalue weighted by Crippen LogP contribution is -2.34. The molecule has 0 unspecified atom stereocenters. The molecular weight excluding hydrogens is 244 g/mol. The van der Waals surface area contributed by atoms with Crippen LogP contribution in [-0.4, -0.2) is 31.9 Å². The summed E-state index contributed by atoms with van der Waals surface area (Å²) in [6.07, 6.45) is -1.17. The number of hydrogen-bond acceptors (Lipinski definition) is 4. The maximum absolute atomic E-state index is 12.0. The molecule has 1 rings (SSSR count). The number of ether oxygens (including phenoxy) is 3. The summed E-state index contributed by atoms with van der Waals surface area (Å²) >= 11 is 0. The molecule has 0 spiro atoms.